The lowest BCUT2D eigenvalue weighted by Gasteiger charge is -2.44. The van der Waals surface area contributed by atoms with E-state index >= 15 is 0 Å². The van der Waals surface area contributed by atoms with Crippen molar-refractivity contribution in [2.24, 2.45) is 5.92 Å². The Kier molecular flexibility index (Phi) is 8.35. The van der Waals surface area contributed by atoms with E-state index in [0.717, 1.165) is 44.3 Å². The molecule has 186 valence electrons. The van der Waals surface area contributed by atoms with Crippen LogP contribution < -0.4 is 14.4 Å². The molecule has 2 aliphatic heterocycles. The SMILES string of the molecule is COCCN(C1CCN(Cc2ccc(N(C)C)cc2)CC1)C(c1ccc2c(c1)OCO2)C(C)C. The lowest BCUT2D eigenvalue weighted by Crippen LogP contribution is -2.48. The van der Waals surface area contributed by atoms with E-state index in [-0.39, 0.29) is 0 Å². The van der Waals surface area contributed by atoms with Crippen molar-refractivity contribution in [3.8, 4) is 11.5 Å². The molecule has 2 aromatic rings. The summed E-state index contributed by atoms with van der Waals surface area (Å²) in [7, 11) is 5.97. The molecule has 34 heavy (non-hydrogen) atoms. The van der Waals surface area contributed by atoms with Crippen molar-refractivity contribution in [3.63, 3.8) is 0 Å². The van der Waals surface area contributed by atoms with Crippen LogP contribution in [0.25, 0.3) is 0 Å². The maximum atomic E-state index is 5.69. The number of fused-ring (bicyclic) bond motifs is 1. The van der Waals surface area contributed by atoms with Gasteiger partial charge in [-0.25, -0.2) is 0 Å². The summed E-state index contributed by atoms with van der Waals surface area (Å²) in [5, 5.41) is 0. The van der Waals surface area contributed by atoms with E-state index in [1.165, 1.54) is 29.7 Å². The number of ether oxygens (including phenoxy) is 3. The van der Waals surface area contributed by atoms with Gasteiger partial charge in [-0.05, 0) is 67.2 Å². The molecule has 0 saturated carbocycles. The van der Waals surface area contributed by atoms with Crippen molar-refractivity contribution in [1.29, 1.82) is 0 Å². The highest BCUT2D eigenvalue weighted by atomic mass is 16.7. The molecule has 1 atom stereocenters. The molecule has 4 rings (SSSR count). The lowest BCUT2D eigenvalue weighted by atomic mass is 9.90. The first kappa shape index (κ1) is 24.8. The van der Waals surface area contributed by atoms with Gasteiger partial charge in [0.2, 0.25) is 6.79 Å². The van der Waals surface area contributed by atoms with E-state index in [2.05, 4.69) is 85.1 Å². The van der Waals surface area contributed by atoms with Crippen LogP contribution >= 0.6 is 0 Å². The van der Waals surface area contributed by atoms with Crippen molar-refractivity contribution in [3.05, 3.63) is 53.6 Å². The molecule has 1 saturated heterocycles. The van der Waals surface area contributed by atoms with Crippen LogP contribution in [0.2, 0.25) is 0 Å². The van der Waals surface area contributed by atoms with Gasteiger partial charge in [0.15, 0.2) is 11.5 Å². The standard InChI is InChI=1S/C28H41N3O3/c1-21(2)28(23-8-11-26-27(18-23)34-20-33-26)31(16-17-32-5)25-12-14-30(15-13-25)19-22-6-9-24(10-7-22)29(3)4/h6-11,18,21,25,28H,12-17,19-20H2,1-5H3. The number of likely N-dealkylation sites (tertiary alicyclic amines) is 1. The largest absolute Gasteiger partial charge is 0.454 e. The van der Waals surface area contributed by atoms with Crippen LogP contribution in [-0.4, -0.2) is 70.1 Å². The van der Waals surface area contributed by atoms with Gasteiger partial charge < -0.3 is 19.1 Å². The topological polar surface area (TPSA) is 37.4 Å². The van der Waals surface area contributed by atoms with Crippen LogP contribution in [0.5, 0.6) is 11.5 Å². The smallest absolute Gasteiger partial charge is 0.231 e. The second kappa shape index (κ2) is 11.4. The third kappa shape index (κ3) is 5.85. The molecule has 2 heterocycles. The second-order valence-electron chi connectivity index (χ2n) is 10.1. The van der Waals surface area contributed by atoms with Gasteiger partial charge in [0.05, 0.1) is 6.61 Å². The van der Waals surface area contributed by atoms with Crippen molar-refractivity contribution in [1.82, 2.24) is 9.80 Å². The van der Waals surface area contributed by atoms with Gasteiger partial charge in [0.1, 0.15) is 0 Å². The summed E-state index contributed by atoms with van der Waals surface area (Å²) in [5.41, 5.74) is 3.94. The van der Waals surface area contributed by atoms with Crippen LogP contribution in [0.15, 0.2) is 42.5 Å². The Morgan fingerprint density at radius 3 is 2.35 bits per heavy atom. The number of benzene rings is 2. The summed E-state index contributed by atoms with van der Waals surface area (Å²) >= 11 is 0. The van der Waals surface area contributed by atoms with E-state index in [4.69, 9.17) is 14.2 Å². The zero-order valence-electron chi connectivity index (χ0n) is 21.5. The van der Waals surface area contributed by atoms with Crippen LogP contribution in [0.3, 0.4) is 0 Å². The van der Waals surface area contributed by atoms with Gasteiger partial charge >= 0.3 is 0 Å². The highest BCUT2D eigenvalue weighted by Crippen LogP contribution is 2.39. The molecule has 0 bridgehead atoms. The first-order valence-corrected chi connectivity index (χ1v) is 12.6. The summed E-state index contributed by atoms with van der Waals surface area (Å²) in [6.45, 7) is 9.90. The molecule has 6 heteroatoms. The number of rotatable bonds is 10. The number of hydrogen-bond acceptors (Lipinski definition) is 6. The van der Waals surface area contributed by atoms with Gasteiger partial charge in [-0.15, -0.1) is 0 Å². The average Bonchev–Trinajstić information content (AvgIpc) is 3.30. The van der Waals surface area contributed by atoms with E-state index in [9.17, 15) is 0 Å². The summed E-state index contributed by atoms with van der Waals surface area (Å²) in [6.07, 6.45) is 2.35. The minimum Gasteiger partial charge on any atom is -0.454 e. The lowest BCUT2D eigenvalue weighted by molar-refractivity contribution is 0.0305. The summed E-state index contributed by atoms with van der Waals surface area (Å²) in [6, 6.07) is 16.3. The number of piperidine rings is 1. The van der Waals surface area contributed by atoms with Gasteiger partial charge in [-0.2, -0.15) is 0 Å². The highest BCUT2D eigenvalue weighted by molar-refractivity contribution is 5.46. The Morgan fingerprint density at radius 2 is 1.71 bits per heavy atom. The monoisotopic (exact) mass is 467 g/mol. The number of methoxy groups -OCH3 is 1. The summed E-state index contributed by atoms with van der Waals surface area (Å²) in [4.78, 5) is 7.44. The molecule has 0 amide bonds. The predicted octanol–water partition coefficient (Wildman–Crippen LogP) is 4.79. The molecule has 2 aromatic carbocycles. The Morgan fingerprint density at radius 1 is 1.00 bits per heavy atom. The predicted molar refractivity (Wildman–Crippen MR) is 138 cm³/mol. The Labute approximate surface area is 205 Å². The Hall–Kier alpha value is -2.28. The number of nitrogens with zero attached hydrogens (tertiary/aromatic N) is 3. The molecule has 0 aromatic heterocycles. The molecule has 0 spiro atoms. The number of anilines is 1. The van der Waals surface area contributed by atoms with Crippen LogP contribution in [0.1, 0.15) is 43.9 Å². The van der Waals surface area contributed by atoms with Gasteiger partial charge in [0, 0.05) is 52.1 Å². The zero-order valence-corrected chi connectivity index (χ0v) is 21.5. The van der Waals surface area contributed by atoms with E-state index < -0.39 is 0 Å². The quantitative estimate of drug-likeness (QED) is 0.500. The first-order valence-electron chi connectivity index (χ1n) is 12.6. The molecule has 6 nitrogen and oxygen atoms in total. The van der Waals surface area contributed by atoms with Crippen LogP contribution in [0.4, 0.5) is 5.69 Å². The molecule has 0 radical (unpaired) electrons. The minimum absolute atomic E-state index is 0.314. The second-order valence-corrected chi connectivity index (χ2v) is 10.1. The molecular weight excluding hydrogens is 426 g/mol. The van der Waals surface area contributed by atoms with Crippen LogP contribution in [-0.2, 0) is 11.3 Å². The molecule has 1 fully saturated rings. The maximum absolute atomic E-state index is 5.69. The highest BCUT2D eigenvalue weighted by Gasteiger charge is 2.33. The van der Waals surface area contributed by atoms with E-state index in [1.54, 1.807) is 7.11 Å². The van der Waals surface area contributed by atoms with Gasteiger partial charge in [0.25, 0.3) is 0 Å². The number of hydrogen-bond donors (Lipinski definition) is 0. The third-order valence-electron chi connectivity index (χ3n) is 7.17. The summed E-state index contributed by atoms with van der Waals surface area (Å²) in [5.74, 6) is 2.19. The summed E-state index contributed by atoms with van der Waals surface area (Å²) < 4.78 is 16.8. The third-order valence-corrected chi connectivity index (χ3v) is 7.17. The minimum atomic E-state index is 0.314. The Balaban J connectivity index is 1.44. The van der Waals surface area contributed by atoms with Crippen molar-refractivity contribution < 1.29 is 14.2 Å². The Bertz CT molecular complexity index is 908. The van der Waals surface area contributed by atoms with Crippen LogP contribution in [0, 0.1) is 5.92 Å². The first-order chi connectivity index (χ1) is 16.5. The molecule has 1 unspecified atom stereocenters. The van der Waals surface area contributed by atoms with Crippen molar-refractivity contribution in [2.75, 3.05) is 59.1 Å². The van der Waals surface area contributed by atoms with E-state index in [1.807, 2.05) is 0 Å². The molecule has 0 N–H and O–H groups in total. The molecule has 2 aliphatic rings. The fraction of sp³-hybridized carbons (Fsp3) is 0.571. The maximum Gasteiger partial charge on any atom is 0.231 e. The van der Waals surface area contributed by atoms with Gasteiger partial charge in [-0.1, -0.05) is 32.0 Å². The van der Waals surface area contributed by atoms with Crippen molar-refractivity contribution in [2.45, 2.75) is 45.3 Å². The molecular formula is C28H41N3O3. The zero-order chi connectivity index (χ0) is 24.1. The normalized spacial score (nSPS) is 17.5. The van der Waals surface area contributed by atoms with E-state index in [0.29, 0.717) is 24.8 Å². The van der Waals surface area contributed by atoms with Gasteiger partial charge in [-0.3, -0.25) is 9.80 Å². The average molecular weight is 468 g/mol. The fourth-order valence-electron chi connectivity index (χ4n) is 5.37. The molecule has 0 aliphatic carbocycles. The van der Waals surface area contributed by atoms with Crippen molar-refractivity contribution >= 4 is 5.69 Å². The fourth-order valence-corrected chi connectivity index (χ4v) is 5.37.